The summed E-state index contributed by atoms with van der Waals surface area (Å²) in [4.78, 5) is 15.4. The quantitative estimate of drug-likeness (QED) is 0.485. The molecule has 1 aliphatic rings. The van der Waals surface area contributed by atoms with Crippen molar-refractivity contribution in [1.29, 1.82) is 0 Å². The van der Waals surface area contributed by atoms with Crippen LogP contribution < -0.4 is 8.92 Å². The third-order valence-electron chi connectivity index (χ3n) is 4.81. The zero-order valence-corrected chi connectivity index (χ0v) is 18.0. The lowest BCUT2D eigenvalue weighted by atomic mass is 10.2. The molecule has 8 heteroatoms. The summed E-state index contributed by atoms with van der Waals surface area (Å²) in [6.45, 7) is 0.479. The summed E-state index contributed by atoms with van der Waals surface area (Å²) in [6, 6.07) is 16.8. The number of carbonyl (C=O) groups excluding carboxylic acids is 1. The van der Waals surface area contributed by atoms with E-state index in [1.807, 2.05) is 22.4 Å². The lowest BCUT2D eigenvalue weighted by Gasteiger charge is -2.22. The third-order valence-corrected chi connectivity index (χ3v) is 6.93. The Balaban J connectivity index is 1.45. The van der Waals surface area contributed by atoms with E-state index in [1.54, 1.807) is 36.4 Å². The highest BCUT2D eigenvalue weighted by molar-refractivity contribution is 7.87. The monoisotopic (exact) mass is 443 g/mol. The van der Waals surface area contributed by atoms with Crippen LogP contribution in [0, 0.1) is 0 Å². The Hall–Kier alpha value is -2.84. The van der Waals surface area contributed by atoms with Crippen molar-refractivity contribution < 1.29 is 22.1 Å². The molecule has 0 bridgehead atoms. The first-order valence-corrected chi connectivity index (χ1v) is 11.8. The standard InChI is InChI=1S/C22H21NO5S2/c1-27-18-10-12-20(13-11-18)30(25,26)28-19-8-4-16(5-9-19)15-23(17-6-7-17)22(24)21-3-2-14-29-21/h2-5,8-14,17H,6-7,15H2,1H3. The van der Waals surface area contributed by atoms with Gasteiger partial charge >= 0.3 is 10.1 Å². The van der Waals surface area contributed by atoms with Crippen LogP contribution >= 0.6 is 11.3 Å². The molecule has 30 heavy (non-hydrogen) atoms. The molecule has 0 unspecified atom stereocenters. The molecule has 0 spiro atoms. The van der Waals surface area contributed by atoms with Crippen molar-refractivity contribution >= 4 is 27.4 Å². The van der Waals surface area contributed by atoms with Crippen LogP contribution in [0.3, 0.4) is 0 Å². The molecule has 2 aromatic carbocycles. The molecule has 3 aromatic rings. The van der Waals surface area contributed by atoms with Crippen molar-refractivity contribution in [3.63, 3.8) is 0 Å². The molecule has 0 radical (unpaired) electrons. The predicted octanol–water partition coefficient (Wildman–Crippen LogP) is 4.33. The van der Waals surface area contributed by atoms with E-state index in [9.17, 15) is 13.2 Å². The van der Waals surface area contributed by atoms with Crippen molar-refractivity contribution in [2.75, 3.05) is 7.11 Å². The summed E-state index contributed by atoms with van der Waals surface area (Å²) in [5.41, 5.74) is 0.918. The van der Waals surface area contributed by atoms with Crippen LogP contribution in [-0.4, -0.2) is 32.4 Å². The van der Waals surface area contributed by atoms with E-state index < -0.39 is 10.1 Å². The molecule has 1 aliphatic carbocycles. The summed E-state index contributed by atoms with van der Waals surface area (Å²) in [7, 11) is -2.43. The Morgan fingerprint density at radius 3 is 2.27 bits per heavy atom. The van der Waals surface area contributed by atoms with Crippen LogP contribution in [0.2, 0.25) is 0 Å². The Morgan fingerprint density at radius 2 is 1.70 bits per heavy atom. The Morgan fingerprint density at radius 1 is 1.03 bits per heavy atom. The van der Waals surface area contributed by atoms with E-state index in [0.717, 1.165) is 23.3 Å². The van der Waals surface area contributed by atoms with Gasteiger partial charge in [0.05, 0.1) is 12.0 Å². The number of hydrogen-bond donors (Lipinski definition) is 0. The van der Waals surface area contributed by atoms with E-state index >= 15 is 0 Å². The zero-order chi connectivity index (χ0) is 21.1. The maximum absolute atomic E-state index is 12.8. The topological polar surface area (TPSA) is 72.9 Å². The van der Waals surface area contributed by atoms with E-state index in [4.69, 9.17) is 8.92 Å². The van der Waals surface area contributed by atoms with Gasteiger partial charge in [-0.25, -0.2) is 0 Å². The van der Waals surface area contributed by atoms with Crippen LogP contribution in [-0.2, 0) is 16.7 Å². The van der Waals surface area contributed by atoms with Crippen molar-refractivity contribution in [2.45, 2.75) is 30.3 Å². The SMILES string of the molecule is COc1ccc(S(=O)(=O)Oc2ccc(CN(C(=O)c3cccs3)C3CC3)cc2)cc1. The largest absolute Gasteiger partial charge is 0.497 e. The van der Waals surface area contributed by atoms with Gasteiger partial charge < -0.3 is 13.8 Å². The molecule has 0 aliphatic heterocycles. The van der Waals surface area contributed by atoms with Gasteiger partial charge in [-0.05, 0) is 66.2 Å². The number of carbonyl (C=O) groups is 1. The average molecular weight is 444 g/mol. The van der Waals surface area contributed by atoms with Crippen LogP contribution in [0.25, 0.3) is 0 Å². The minimum absolute atomic E-state index is 0.0370. The van der Waals surface area contributed by atoms with Gasteiger partial charge in [-0.15, -0.1) is 11.3 Å². The molecule has 1 aromatic heterocycles. The zero-order valence-electron chi connectivity index (χ0n) is 16.4. The lowest BCUT2D eigenvalue weighted by Crippen LogP contribution is -2.32. The summed E-state index contributed by atoms with van der Waals surface area (Å²) in [5, 5.41) is 1.90. The van der Waals surface area contributed by atoms with Gasteiger partial charge in [0.15, 0.2) is 0 Å². The molecule has 0 atom stereocenters. The van der Waals surface area contributed by atoms with Gasteiger partial charge in [0, 0.05) is 12.6 Å². The number of methoxy groups -OCH3 is 1. The molecule has 1 amide bonds. The number of thiophene rings is 1. The third kappa shape index (κ3) is 4.66. The minimum Gasteiger partial charge on any atom is -0.497 e. The van der Waals surface area contributed by atoms with E-state index in [-0.39, 0.29) is 22.6 Å². The second kappa shape index (κ2) is 8.49. The highest BCUT2D eigenvalue weighted by atomic mass is 32.2. The van der Waals surface area contributed by atoms with Crippen molar-refractivity contribution in [3.8, 4) is 11.5 Å². The van der Waals surface area contributed by atoms with Crippen LogP contribution in [0.15, 0.2) is 70.9 Å². The summed E-state index contributed by atoms with van der Waals surface area (Å²) < 4.78 is 35.2. The highest BCUT2D eigenvalue weighted by Crippen LogP contribution is 2.31. The molecular formula is C22H21NO5S2. The van der Waals surface area contributed by atoms with Crippen molar-refractivity contribution in [3.05, 3.63) is 76.5 Å². The number of ether oxygens (including phenoxy) is 1. The second-order valence-corrected chi connectivity index (χ2v) is 9.49. The molecule has 1 fully saturated rings. The van der Waals surface area contributed by atoms with Gasteiger partial charge in [-0.3, -0.25) is 4.79 Å². The summed E-state index contributed by atoms with van der Waals surface area (Å²) in [6.07, 6.45) is 2.02. The van der Waals surface area contributed by atoms with E-state index in [2.05, 4.69) is 0 Å². The number of hydrogen-bond acceptors (Lipinski definition) is 6. The Bertz CT molecular complexity index is 1100. The van der Waals surface area contributed by atoms with Gasteiger partial charge in [0.2, 0.25) is 0 Å². The molecule has 1 saturated carbocycles. The Labute approximate surface area is 179 Å². The number of nitrogens with zero attached hydrogens (tertiary/aromatic N) is 1. The van der Waals surface area contributed by atoms with Crippen LogP contribution in [0.4, 0.5) is 0 Å². The number of benzene rings is 2. The summed E-state index contributed by atoms with van der Waals surface area (Å²) in [5.74, 6) is 0.822. The maximum Gasteiger partial charge on any atom is 0.339 e. The molecule has 0 N–H and O–H groups in total. The molecule has 4 rings (SSSR count). The van der Waals surface area contributed by atoms with Gasteiger partial charge in [0.25, 0.3) is 5.91 Å². The van der Waals surface area contributed by atoms with Crippen molar-refractivity contribution in [2.24, 2.45) is 0 Å². The smallest absolute Gasteiger partial charge is 0.339 e. The predicted molar refractivity (Wildman–Crippen MR) is 114 cm³/mol. The van der Waals surface area contributed by atoms with Crippen molar-refractivity contribution in [1.82, 2.24) is 4.90 Å². The molecule has 6 nitrogen and oxygen atoms in total. The molecule has 156 valence electrons. The van der Waals surface area contributed by atoms with Crippen LogP contribution in [0.1, 0.15) is 28.1 Å². The Kier molecular flexibility index (Phi) is 5.78. The van der Waals surface area contributed by atoms with Gasteiger partial charge in [0.1, 0.15) is 16.4 Å². The van der Waals surface area contributed by atoms with Gasteiger partial charge in [-0.1, -0.05) is 18.2 Å². The first-order chi connectivity index (χ1) is 14.5. The molecule has 1 heterocycles. The van der Waals surface area contributed by atoms with Gasteiger partial charge in [-0.2, -0.15) is 8.42 Å². The maximum atomic E-state index is 12.8. The average Bonchev–Trinajstić information content (AvgIpc) is 3.45. The fourth-order valence-electron chi connectivity index (χ4n) is 3.06. The first-order valence-electron chi connectivity index (χ1n) is 9.48. The molecule has 0 saturated heterocycles. The van der Waals surface area contributed by atoms with E-state index in [1.165, 1.54) is 30.6 Å². The lowest BCUT2D eigenvalue weighted by molar-refractivity contribution is 0.0735. The number of rotatable bonds is 8. The molecular weight excluding hydrogens is 422 g/mol. The fraction of sp³-hybridized carbons (Fsp3) is 0.227. The minimum atomic E-state index is -3.94. The second-order valence-electron chi connectivity index (χ2n) is 7.00. The first kappa shape index (κ1) is 20.4. The highest BCUT2D eigenvalue weighted by Gasteiger charge is 2.33. The van der Waals surface area contributed by atoms with Crippen LogP contribution in [0.5, 0.6) is 11.5 Å². The van der Waals surface area contributed by atoms with E-state index in [0.29, 0.717) is 12.3 Å². The fourth-order valence-corrected chi connectivity index (χ4v) is 4.67. The summed E-state index contributed by atoms with van der Waals surface area (Å²) >= 11 is 1.44. The number of amides is 1. The normalized spacial score (nSPS) is 13.6.